The molecule has 35 heavy (non-hydrogen) atoms. The largest absolute Gasteiger partial charge is 0.355 e. The van der Waals surface area contributed by atoms with Crippen molar-refractivity contribution in [1.29, 1.82) is 0 Å². The molecule has 5 heterocycles. The Morgan fingerprint density at radius 1 is 1.06 bits per heavy atom. The molecule has 0 unspecified atom stereocenters. The van der Waals surface area contributed by atoms with Gasteiger partial charge in [0, 0.05) is 49.2 Å². The fraction of sp³-hybridized carbons (Fsp3) is 0.308. The van der Waals surface area contributed by atoms with Crippen LogP contribution in [-0.2, 0) is 6.54 Å². The number of rotatable bonds is 6. The third-order valence-electron chi connectivity index (χ3n) is 6.59. The van der Waals surface area contributed by atoms with Crippen molar-refractivity contribution >= 4 is 27.8 Å². The lowest BCUT2D eigenvalue weighted by Gasteiger charge is -2.27. The summed E-state index contributed by atoms with van der Waals surface area (Å²) < 4.78 is 15.1. The average molecular weight is 471 g/mol. The number of benzene rings is 1. The van der Waals surface area contributed by atoms with Gasteiger partial charge in [0.25, 0.3) is 0 Å². The summed E-state index contributed by atoms with van der Waals surface area (Å²) in [6.07, 6.45) is 8.96. The van der Waals surface area contributed by atoms with Crippen LogP contribution in [0.4, 0.5) is 10.2 Å². The number of anilines is 1. The van der Waals surface area contributed by atoms with Gasteiger partial charge in [-0.1, -0.05) is 6.92 Å². The van der Waals surface area contributed by atoms with Crippen molar-refractivity contribution in [2.75, 3.05) is 24.5 Å². The first-order chi connectivity index (χ1) is 17.2. The van der Waals surface area contributed by atoms with Gasteiger partial charge in [0.2, 0.25) is 0 Å². The summed E-state index contributed by atoms with van der Waals surface area (Å²) in [5, 5.41) is 11.2. The highest BCUT2D eigenvalue weighted by atomic mass is 19.1. The van der Waals surface area contributed by atoms with E-state index in [2.05, 4.69) is 42.3 Å². The van der Waals surface area contributed by atoms with Crippen LogP contribution >= 0.6 is 0 Å². The summed E-state index contributed by atoms with van der Waals surface area (Å²) >= 11 is 0. The van der Waals surface area contributed by atoms with E-state index in [1.807, 2.05) is 30.6 Å². The normalized spacial score (nSPS) is 14.3. The number of aromatic nitrogens is 6. The van der Waals surface area contributed by atoms with Crippen LogP contribution in [0, 0.1) is 5.82 Å². The van der Waals surface area contributed by atoms with Crippen LogP contribution in [0.25, 0.3) is 44.6 Å². The molecule has 1 aliphatic heterocycles. The molecular formula is C26H27FN8. The quantitative estimate of drug-likeness (QED) is 0.330. The summed E-state index contributed by atoms with van der Waals surface area (Å²) in [6, 6.07) is 7.42. The molecule has 1 saturated heterocycles. The first-order valence-corrected chi connectivity index (χ1v) is 12.1. The lowest BCUT2D eigenvalue weighted by molar-refractivity contribution is 0.574. The molecule has 6 rings (SSSR count). The predicted molar refractivity (Wildman–Crippen MR) is 136 cm³/mol. The number of pyridine rings is 2. The molecule has 178 valence electrons. The van der Waals surface area contributed by atoms with Crippen molar-refractivity contribution in [1.82, 2.24) is 35.5 Å². The molecular weight excluding hydrogens is 443 g/mol. The number of piperidine rings is 1. The number of fused-ring (bicyclic) bond motifs is 2. The minimum atomic E-state index is -0.385. The Morgan fingerprint density at radius 2 is 1.94 bits per heavy atom. The Morgan fingerprint density at radius 3 is 2.80 bits per heavy atom. The van der Waals surface area contributed by atoms with Crippen LogP contribution in [0.3, 0.4) is 0 Å². The van der Waals surface area contributed by atoms with Crippen molar-refractivity contribution in [2.24, 2.45) is 0 Å². The molecule has 3 N–H and O–H groups in total. The van der Waals surface area contributed by atoms with Gasteiger partial charge in [-0.3, -0.25) is 10.1 Å². The van der Waals surface area contributed by atoms with E-state index < -0.39 is 0 Å². The van der Waals surface area contributed by atoms with Gasteiger partial charge in [-0.05, 0) is 61.2 Å². The standard InChI is InChI=1S/C26H27FN8/c1-2-28-13-16-10-18(15-29-14-16)17-11-19-22(20(27)12-17)33-34-23(19)25-31-21-6-7-30-26(24(21)32-25)35-8-4-3-5-9-35/h6-7,10-12,14-15,28H,2-5,8-9,13H2,1H3,(H,31,32)(H,33,34). The van der Waals surface area contributed by atoms with E-state index in [1.165, 1.54) is 12.5 Å². The van der Waals surface area contributed by atoms with Gasteiger partial charge in [-0.25, -0.2) is 14.4 Å². The number of nitrogens with zero attached hydrogens (tertiary/aromatic N) is 5. The Labute approximate surface area is 202 Å². The fourth-order valence-electron chi connectivity index (χ4n) is 4.81. The number of hydrogen-bond donors (Lipinski definition) is 3. The van der Waals surface area contributed by atoms with Crippen LogP contribution < -0.4 is 10.2 Å². The summed E-state index contributed by atoms with van der Waals surface area (Å²) in [5.74, 6) is 1.12. The van der Waals surface area contributed by atoms with Crippen molar-refractivity contribution in [2.45, 2.75) is 32.7 Å². The van der Waals surface area contributed by atoms with Gasteiger partial charge in [-0.15, -0.1) is 0 Å². The Hall–Kier alpha value is -3.85. The number of halogens is 1. The van der Waals surface area contributed by atoms with Crippen molar-refractivity contribution in [3.63, 3.8) is 0 Å². The lowest BCUT2D eigenvalue weighted by Crippen LogP contribution is -2.30. The van der Waals surface area contributed by atoms with Gasteiger partial charge in [0.05, 0.1) is 5.52 Å². The van der Waals surface area contributed by atoms with E-state index in [1.54, 1.807) is 6.20 Å². The summed E-state index contributed by atoms with van der Waals surface area (Å²) in [5.41, 5.74) is 5.31. The number of H-pyrrole nitrogens is 2. The van der Waals surface area contributed by atoms with Gasteiger partial charge < -0.3 is 15.2 Å². The van der Waals surface area contributed by atoms with Crippen LogP contribution in [0.1, 0.15) is 31.7 Å². The number of aromatic amines is 2. The Bertz CT molecular complexity index is 1500. The second-order valence-corrected chi connectivity index (χ2v) is 8.98. The third kappa shape index (κ3) is 4.01. The number of nitrogens with one attached hydrogen (secondary N) is 3. The highest BCUT2D eigenvalue weighted by Crippen LogP contribution is 2.33. The molecule has 0 bridgehead atoms. The highest BCUT2D eigenvalue weighted by molar-refractivity contribution is 5.97. The van der Waals surface area contributed by atoms with Crippen LogP contribution in [0.2, 0.25) is 0 Å². The van der Waals surface area contributed by atoms with E-state index in [0.29, 0.717) is 23.4 Å². The maximum atomic E-state index is 15.1. The second-order valence-electron chi connectivity index (χ2n) is 8.98. The molecule has 8 nitrogen and oxygen atoms in total. The third-order valence-corrected chi connectivity index (χ3v) is 6.59. The summed E-state index contributed by atoms with van der Waals surface area (Å²) in [4.78, 5) is 19.6. The van der Waals surface area contributed by atoms with E-state index in [4.69, 9.17) is 4.98 Å². The molecule has 5 aromatic rings. The first kappa shape index (κ1) is 21.7. The summed E-state index contributed by atoms with van der Waals surface area (Å²) in [6.45, 7) is 5.61. The minimum absolute atomic E-state index is 0.287. The molecule has 1 fully saturated rings. The highest BCUT2D eigenvalue weighted by Gasteiger charge is 2.20. The zero-order valence-electron chi connectivity index (χ0n) is 19.6. The van der Waals surface area contributed by atoms with Gasteiger partial charge in [-0.2, -0.15) is 5.10 Å². The second kappa shape index (κ2) is 9.07. The van der Waals surface area contributed by atoms with Crippen molar-refractivity contribution in [3.05, 3.63) is 54.2 Å². The predicted octanol–water partition coefficient (Wildman–Crippen LogP) is 4.80. The minimum Gasteiger partial charge on any atom is -0.355 e. The Balaban J connectivity index is 1.43. The van der Waals surface area contributed by atoms with E-state index in [-0.39, 0.29) is 11.3 Å². The molecule has 4 aromatic heterocycles. The first-order valence-electron chi connectivity index (χ1n) is 12.1. The molecule has 9 heteroatoms. The van der Waals surface area contributed by atoms with Crippen LogP contribution in [0.5, 0.6) is 0 Å². The fourth-order valence-corrected chi connectivity index (χ4v) is 4.81. The monoisotopic (exact) mass is 470 g/mol. The molecule has 0 radical (unpaired) electrons. The zero-order chi connectivity index (χ0) is 23.8. The topological polar surface area (TPSA) is 98.4 Å². The molecule has 0 atom stereocenters. The average Bonchev–Trinajstić information content (AvgIpc) is 3.52. The van der Waals surface area contributed by atoms with Crippen LogP contribution in [-0.4, -0.2) is 49.8 Å². The SMILES string of the molecule is CCNCc1cncc(-c2cc(F)c3n[nH]c(-c4nc5c(N6CCCCC6)nccc5[nH]4)c3c2)c1. The number of hydrogen-bond acceptors (Lipinski definition) is 6. The summed E-state index contributed by atoms with van der Waals surface area (Å²) in [7, 11) is 0. The lowest BCUT2D eigenvalue weighted by atomic mass is 10.0. The molecule has 1 aromatic carbocycles. The van der Waals surface area contributed by atoms with Crippen molar-refractivity contribution in [3.8, 4) is 22.6 Å². The van der Waals surface area contributed by atoms with E-state index in [0.717, 1.165) is 66.0 Å². The van der Waals surface area contributed by atoms with E-state index >= 15 is 4.39 Å². The van der Waals surface area contributed by atoms with E-state index in [9.17, 15) is 0 Å². The smallest absolute Gasteiger partial charge is 0.157 e. The molecule has 0 aliphatic carbocycles. The maximum absolute atomic E-state index is 15.1. The maximum Gasteiger partial charge on any atom is 0.157 e. The van der Waals surface area contributed by atoms with Gasteiger partial charge in [0.15, 0.2) is 17.5 Å². The molecule has 0 amide bonds. The molecule has 0 saturated carbocycles. The molecule has 0 spiro atoms. The van der Waals surface area contributed by atoms with Gasteiger partial charge >= 0.3 is 0 Å². The van der Waals surface area contributed by atoms with Crippen LogP contribution in [0.15, 0.2) is 42.9 Å². The van der Waals surface area contributed by atoms with Crippen molar-refractivity contribution < 1.29 is 4.39 Å². The number of imidazole rings is 1. The zero-order valence-corrected chi connectivity index (χ0v) is 19.6. The Kier molecular flexibility index (Phi) is 5.61. The van der Waals surface area contributed by atoms with Gasteiger partial charge in [0.1, 0.15) is 16.7 Å². The molecule has 1 aliphatic rings.